The van der Waals surface area contributed by atoms with E-state index >= 15 is 0 Å². The molecule has 1 heterocycles. The number of aliphatic imine (C=N–C) groups is 1. The van der Waals surface area contributed by atoms with E-state index in [1.54, 1.807) is 12.1 Å². The summed E-state index contributed by atoms with van der Waals surface area (Å²) < 4.78 is 13.3. The molecule has 1 unspecified atom stereocenters. The number of nitrogens with one attached hydrogen (secondary N) is 2. The van der Waals surface area contributed by atoms with Crippen molar-refractivity contribution in [3.63, 3.8) is 0 Å². The quantitative estimate of drug-likeness (QED) is 0.415. The summed E-state index contributed by atoms with van der Waals surface area (Å²) in [7, 11) is 0. The van der Waals surface area contributed by atoms with E-state index in [-0.39, 0.29) is 17.6 Å². The molecular weight excluding hydrogens is 405 g/mol. The predicted molar refractivity (Wildman–Crippen MR) is 127 cm³/mol. The number of nitrogens with zero attached hydrogens (tertiary/aromatic N) is 2. The maximum atomic E-state index is 13.3. The molecule has 0 saturated carbocycles. The van der Waals surface area contributed by atoms with Crippen molar-refractivity contribution in [2.45, 2.75) is 39.3 Å². The summed E-state index contributed by atoms with van der Waals surface area (Å²) >= 11 is 0. The Kier molecular flexibility index (Phi) is 9.04. The van der Waals surface area contributed by atoms with Crippen LogP contribution in [0.1, 0.15) is 36.5 Å². The summed E-state index contributed by atoms with van der Waals surface area (Å²) in [5.41, 5.74) is 8.81. The van der Waals surface area contributed by atoms with Gasteiger partial charge in [0.25, 0.3) is 0 Å². The number of rotatable bonds is 9. The summed E-state index contributed by atoms with van der Waals surface area (Å²) in [6.45, 7) is 6.57. The third-order valence-corrected chi connectivity index (χ3v) is 5.66. The summed E-state index contributed by atoms with van der Waals surface area (Å²) in [6.07, 6.45) is 2.62. The smallest absolute Gasteiger partial charge is 0.221 e. The van der Waals surface area contributed by atoms with Gasteiger partial charge in [-0.15, -0.1) is 0 Å². The normalized spacial score (nSPS) is 17.2. The van der Waals surface area contributed by atoms with Crippen LogP contribution in [0.3, 0.4) is 0 Å². The average molecular weight is 440 g/mol. The van der Waals surface area contributed by atoms with Crippen molar-refractivity contribution in [2.75, 3.05) is 26.2 Å². The fraction of sp³-hybridized carbons (Fsp3) is 0.440. The second-order valence-corrected chi connectivity index (χ2v) is 8.30. The van der Waals surface area contributed by atoms with Crippen LogP contribution in [0.25, 0.3) is 0 Å². The first-order valence-corrected chi connectivity index (χ1v) is 11.4. The number of carbonyl (C=O) groups excluding carboxylic acids is 1. The third kappa shape index (κ3) is 7.64. The zero-order valence-corrected chi connectivity index (χ0v) is 18.8. The molecule has 6 nitrogen and oxygen atoms in total. The number of nitrogens with two attached hydrogens (primary N) is 1. The predicted octanol–water partition coefficient (Wildman–Crippen LogP) is 2.82. The van der Waals surface area contributed by atoms with Gasteiger partial charge in [0.2, 0.25) is 5.91 Å². The van der Waals surface area contributed by atoms with E-state index in [4.69, 9.17) is 10.7 Å². The lowest BCUT2D eigenvalue weighted by molar-refractivity contribution is -0.123. The largest absolute Gasteiger partial charge is 0.369 e. The van der Waals surface area contributed by atoms with E-state index in [2.05, 4.69) is 39.8 Å². The van der Waals surface area contributed by atoms with Crippen LogP contribution in [0.5, 0.6) is 0 Å². The second-order valence-electron chi connectivity index (χ2n) is 8.30. The van der Waals surface area contributed by atoms with Crippen molar-refractivity contribution in [1.29, 1.82) is 0 Å². The Morgan fingerprint density at radius 3 is 2.72 bits per heavy atom. The van der Waals surface area contributed by atoms with Gasteiger partial charge >= 0.3 is 0 Å². The number of benzene rings is 2. The number of likely N-dealkylation sites (tertiary alicyclic amines) is 1. The average Bonchev–Trinajstić information content (AvgIpc) is 2.78. The fourth-order valence-corrected chi connectivity index (χ4v) is 4.05. The Morgan fingerprint density at radius 2 is 1.94 bits per heavy atom. The molecule has 172 valence electrons. The van der Waals surface area contributed by atoms with Crippen LogP contribution in [0, 0.1) is 11.7 Å². The van der Waals surface area contributed by atoms with Gasteiger partial charge in [-0.3, -0.25) is 9.69 Å². The zero-order valence-electron chi connectivity index (χ0n) is 18.8. The Hall–Kier alpha value is -2.93. The molecule has 32 heavy (non-hydrogen) atoms. The monoisotopic (exact) mass is 439 g/mol. The van der Waals surface area contributed by atoms with Crippen molar-refractivity contribution in [3.8, 4) is 0 Å². The van der Waals surface area contributed by atoms with Crippen molar-refractivity contribution < 1.29 is 9.18 Å². The van der Waals surface area contributed by atoms with E-state index < -0.39 is 0 Å². The highest BCUT2D eigenvalue weighted by Crippen LogP contribution is 2.19. The molecule has 0 aromatic heterocycles. The van der Waals surface area contributed by atoms with E-state index in [0.717, 1.165) is 62.5 Å². The molecule has 3 rings (SSSR count). The molecule has 1 atom stereocenters. The lowest BCUT2D eigenvalue weighted by Gasteiger charge is -2.31. The minimum Gasteiger partial charge on any atom is -0.369 e. The van der Waals surface area contributed by atoms with Crippen LogP contribution < -0.4 is 16.4 Å². The van der Waals surface area contributed by atoms with Crippen LogP contribution in [0.15, 0.2) is 53.5 Å². The van der Waals surface area contributed by atoms with Crippen molar-refractivity contribution in [1.82, 2.24) is 15.5 Å². The molecule has 7 heteroatoms. The van der Waals surface area contributed by atoms with Crippen LogP contribution in [0.4, 0.5) is 4.39 Å². The van der Waals surface area contributed by atoms with Gasteiger partial charge in [-0.05, 0) is 61.6 Å². The van der Waals surface area contributed by atoms with E-state index in [0.29, 0.717) is 13.1 Å². The highest BCUT2D eigenvalue weighted by molar-refractivity contribution is 5.79. The molecule has 1 amide bonds. The number of amides is 1. The van der Waals surface area contributed by atoms with E-state index in [1.807, 2.05) is 13.0 Å². The Balaban J connectivity index is 1.54. The summed E-state index contributed by atoms with van der Waals surface area (Å²) in [5.74, 6) is 0.295. The standard InChI is InChI=1S/C25H34FN5O/c1-2-28-25(29-12-11-19-6-4-10-23(26)15-19)30-16-20-7-3-8-21(14-20)17-31-13-5-9-22(18-31)24(27)32/h3-4,6-8,10,14-15,22H,2,5,9,11-13,16-18H2,1H3,(H2,27,32)(H2,28,29,30). The molecule has 1 aliphatic heterocycles. The van der Waals surface area contributed by atoms with Crippen molar-refractivity contribution >= 4 is 11.9 Å². The number of piperidine rings is 1. The zero-order chi connectivity index (χ0) is 22.8. The summed E-state index contributed by atoms with van der Waals surface area (Å²) in [6, 6.07) is 15.1. The molecule has 0 aliphatic carbocycles. The number of carbonyl (C=O) groups is 1. The van der Waals surface area contributed by atoms with Gasteiger partial charge < -0.3 is 16.4 Å². The number of primary amides is 1. The minimum absolute atomic E-state index is 0.0438. The van der Waals surface area contributed by atoms with Crippen molar-refractivity contribution in [3.05, 3.63) is 71.0 Å². The molecule has 1 aliphatic rings. The Bertz CT molecular complexity index is 917. The highest BCUT2D eigenvalue weighted by Gasteiger charge is 2.23. The van der Waals surface area contributed by atoms with Gasteiger partial charge in [0.1, 0.15) is 5.82 Å². The molecular formula is C25H34FN5O. The SMILES string of the molecule is CCNC(=NCc1cccc(CN2CCCC(C(N)=O)C2)c1)NCCc1cccc(F)c1. The summed E-state index contributed by atoms with van der Waals surface area (Å²) in [4.78, 5) is 18.5. The summed E-state index contributed by atoms with van der Waals surface area (Å²) in [5, 5.41) is 6.58. The lowest BCUT2D eigenvalue weighted by atomic mass is 9.97. The lowest BCUT2D eigenvalue weighted by Crippen LogP contribution is -2.40. The maximum absolute atomic E-state index is 13.3. The second kappa shape index (κ2) is 12.2. The highest BCUT2D eigenvalue weighted by atomic mass is 19.1. The number of halogens is 1. The molecule has 0 radical (unpaired) electrons. The molecule has 2 aromatic rings. The van der Waals surface area contributed by atoms with Gasteiger partial charge in [-0.1, -0.05) is 36.4 Å². The van der Waals surface area contributed by atoms with Gasteiger partial charge in [-0.25, -0.2) is 9.38 Å². The first-order chi connectivity index (χ1) is 15.5. The Morgan fingerprint density at radius 1 is 1.16 bits per heavy atom. The number of hydrogen-bond acceptors (Lipinski definition) is 3. The first-order valence-electron chi connectivity index (χ1n) is 11.4. The third-order valence-electron chi connectivity index (χ3n) is 5.66. The van der Waals surface area contributed by atoms with Crippen LogP contribution in [0.2, 0.25) is 0 Å². The number of hydrogen-bond donors (Lipinski definition) is 3. The molecule has 4 N–H and O–H groups in total. The van der Waals surface area contributed by atoms with Crippen LogP contribution in [-0.4, -0.2) is 42.9 Å². The molecule has 2 aromatic carbocycles. The van der Waals surface area contributed by atoms with Gasteiger partial charge in [0, 0.05) is 26.2 Å². The van der Waals surface area contributed by atoms with Gasteiger partial charge in [-0.2, -0.15) is 0 Å². The molecule has 1 saturated heterocycles. The van der Waals surface area contributed by atoms with Gasteiger partial charge in [0.05, 0.1) is 12.5 Å². The van der Waals surface area contributed by atoms with Crippen molar-refractivity contribution in [2.24, 2.45) is 16.6 Å². The van der Waals surface area contributed by atoms with Crippen LogP contribution >= 0.6 is 0 Å². The molecule has 1 fully saturated rings. The molecule has 0 spiro atoms. The van der Waals surface area contributed by atoms with Crippen LogP contribution in [-0.2, 0) is 24.3 Å². The minimum atomic E-state index is -0.211. The fourth-order valence-electron chi connectivity index (χ4n) is 4.05. The van der Waals surface area contributed by atoms with E-state index in [1.165, 1.54) is 11.6 Å². The first kappa shape index (κ1) is 23.7. The molecule has 0 bridgehead atoms. The van der Waals surface area contributed by atoms with E-state index in [9.17, 15) is 9.18 Å². The topological polar surface area (TPSA) is 82.8 Å². The van der Waals surface area contributed by atoms with Gasteiger partial charge in [0.15, 0.2) is 5.96 Å². The maximum Gasteiger partial charge on any atom is 0.221 e. The number of guanidine groups is 1. The Labute approximate surface area is 190 Å².